The molecular weight excluding hydrogens is 403 g/mol. The fraction of sp³-hybridized carbons (Fsp3) is 0.182. The molecule has 0 saturated heterocycles. The minimum Gasteiger partial charge on any atom is -0.488 e. The molecule has 0 heterocycles. The van der Waals surface area contributed by atoms with Crippen LogP contribution in [0.4, 0.5) is 13.2 Å². The smallest absolute Gasteiger partial charge is 0.488 e. The maximum atomic E-state index is 12.5. The van der Waals surface area contributed by atoms with Crippen molar-refractivity contribution in [2.24, 2.45) is 5.73 Å². The summed E-state index contributed by atoms with van der Waals surface area (Å²) >= 11 is 0. The van der Waals surface area contributed by atoms with Crippen molar-refractivity contribution in [1.29, 1.82) is 0 Å². The Morgan fingerprint density at radius 3 is 2.28 bits per heavy atom. The van der Waals surface area contributed by atoms with Gasteiger partial charge in [-0.05, 0) is 53.4 Å². The fourth-order valence-electron chi connectivity index (χ4n) is 2.97. The third-order valence-corrected chi connectivity index (χ3v) is 4.20. The standard InChI is InChI=1S/C22H20F3NO2.ClH/c1-15-10-18(17-8-5-9-20(12-17)28-22(23,24)25)11-19(13-26)21(15)27-14-16-6-3-2-4-7-16;/h2-12H,13-14,26H2,1H3;1H. The molecule has 0 aliphatic heterocycles. The van der Waals surface area contributed by atoms with Gasteiger partial charge in [-0.2, -0.15) is 0 Å². The molecule has 3 nitrogen and oxygen atoms in total. The molecule has 0 saturated carbocycles. The van der Waals surface area contributed by atoms with Crippen LogP contribution in [0.25, 0.3) is 11.1 Å². The van der Waals surface area contributed by atoms with Gasteiger partial charge >= 0.3 is 6.36 Å². The number of hydrogen-bond donors (Lipinski definition) is 1. The number of alkyl halides is 3. The third kappa shape index (κ3) is 6.14. The summed E-state index contributed by atoms with van der Waals surface area (Å²) in [4.78, 5) is 0. The highest BCUT2D eigenvalue weighted by Gasteiger charge is 2.31. The van der Waals surface area contributed by atoms with Crippen LogP contribution >= 0.6 is 12.4 Å². The molecule has 3 aromatic carbocycles. The Balaban J connectivity index is 0.00000300. The van der Waals surface area contributed by atoms with Gasteiger partial charge in [-0.15, -0.1) is 25.6 Å². The Bertz CT molecular complexity index is 947. The van der Waals surface area contributed by atoms with Crippen LogP contribution in [0.5, 0.6) is 11.5 Å². The van der Waals surface area contributed by atoms with Gasteiger partial charge in [0, 0.05) is 12.1 Å². The Morgan fingerprint density at radius 1 is 0.897 bits per heavy atom. The molecular formula is C22H21ClF3NO2. The van der Waals surface area contributed by atoms with Crippen molar-refractivity contribution in [2.75, 3.05) is 0 Å². The van der Waals surface area contributed by atoms with Gasteiger partial charge in [0.25, 0.3) is 0 Å². The highest BCUT2D eigenvalue weighted by Crippen LogP contribution is 2.33. The second-order valence-corrected chi connectivity index (χ2v) is 6.34. The highest BCUT2D eigenvalue weighted by molar-refractivity contribution is 5.85. The van der Waals surface area contributed by atoms with Crippen LogP contribution in [0, 0.1) is 6.92 Å². The molecule has 2 N–H and O–H groups in total. The van der Waals surface area contributed by atoms with Crippen molar-refractivity contribution in [2.45, 2.75) is 26.4 Å². The van der Waals surface area contributed by atoms with Gasteiger partial charge in [0.2, 0.25) is 0 Å². The summed E-state index contributed by atoms with van der Waals surface area (Å²) in [5.74, 6) is 0.430. The normalized spacial score (nSPS) is 10.9. The Morgan fingerprint density at radius 2 is 1.62 bits per heavy atom. The van der Waals surface area contributed by atoms with Crippen LogP contribution < -0.4 is 15.2 Å². The summed E-state index contributed by atoms with van der Waals surface area (Å²) in [6, 6.07) is 19.3. The SMILES string of the molecule is Cc1cc(-c2cccc(OC(F)(F)F)c2)cc(CN)c1OCc1ccccc1.Cl. The zero-order valence-corrected chi connectivity index (χ0v) is 16.5. The lowest BCUT2D eigenvalue weighted by Gasteiger charge is -2.16. The quantitative estimate of drug-likeness (QED) is 0.527. The van der Waals surface area contributed by atoms with Gasteiger partial charge in [-0.3, -0.25) is 0 Å². The van der Waals surface area contributed by atoms with Gasteiger partial charge in [0.05, 0.1) is 0 Å². The number of benzene rings is 3. The van der Waals surface area contributed by atoms with Crippen LogP contribution in [0.3, 0.4) is 0 Å². The molecule has 29 heavy (non-hydrogen) atoms. The molecule has 7 heteroatoms. The third-order valence-electron chi connectivity index (χ3n) is 4.20. The van der Waals surface area contributed by atoms with Crippen molar-refractivity contribution < 1.29 is 22.6 Å². The second-order valence-electron chi connectivity index (χ2n) is 6.34. The Kier molecular flexibility index (Phi) is 7.53. The number of rotatable bonds is 6. The van der Waals surface area contributed by atoms with E-state index in [4.69, 9.17) is 10.5 Å². The Labute approximate surface area is 173 Å². The molecule has 0 unspecified atom stereocenters. The molecule has 3 rings (SSSR count). The van der Waals surface area contributed by atoms with E-state index in [0.29, 0.717) is 17.9 Å². The van der Waals surface area contributed by atoms with Gasteiger partial charge in [-0.1, -0.05) is 42.5 Å². The molecule has 0 radical (unpaired) electrons. The Hall–Kier alpha value is -2.70. The minimum absolute atomic E-state index is 0. The van der Waals surface area contributed by atoms with Crippen LogP contribution in [0.15, 0.2) is 66.7 Å². The van der Waals surface area contributed by atoms with E-state index >= 15 is 0 Å². The minimum atomic E-state index is -4.73. The number of aryl methyl sites for hydroxylation is 1. The highest BCUT2D eigenvalue weighted by atomic mass is 35.5. The first-order valence-electron chi connectivity index (χ1n) is 8.72. The molecule has 0 spiro atoms. The molecule has 3 aromatic rings. The number of hydrogen-bond acceptors (Lipinski definition) is 3. The van der Waals surface area contributed by atoms with Gasteiger partial charge in [0.15, 0.2) is 0 Å². The number of nitrogens with two attached hydrogens (primary N) is 1. The van der Waals surface area contributed by atoms with E-state index in [1.54, 1.807) is 6.07 Å². The lowest BCUT2D eigenvalue weighted by Crippen LogP contribution is -2.17. The molecule has 0 aromatic heterocycles. The summed E-state index contributed by atoms with van der Waals surface area (Å²) in [6.07, 6.45) is -4.73. The summed E-state index contributed by atoms with van der Waals surface area (Å²) in [5, 5.41) is 0. The van der Waals surface area contributed by atoms with E-state index in [1.807, 2.05) is 49.4 Å². The summed E-state index contributed by atoms with van der Waals surface area (Å²) in [6.45, 7) is 2.54. The van der Waals surface area contributed by atoms with E-state index in [1.165, 1.54) is 18.2 Å². The maximum Gasteiger partial charge on any atom is 0.573 e. The van der Waals surface area contributed by atoms with E-state index in [9.17, 15) is 13.2 Å². The maximum absolute atomic E-state index is 12.5. The monoisotopic (exact) mass is 423 g/mol. The lowest BCUT2D eigenvalue weighted by molar-refractivity contribution is -0.274. The predicted molar refractivity (Wildman–Crippen MR) is 109 cm³/mol. The molecule has 0 bridgehead atoms. The first-order chi connectivity index (χ1) is 13.4. The first kappa shape index (κ1) is 22.6. The topological polar surface area (TPSA) is 44.5 Å². The summed E-state index contributed by atoms with van der Waals surface area (Å²) in [7, 11) is 0. The zero-order chi connectivity index (χ0) is 20.1. The first-order valence-corrected chi connectivity index (χ1v) is 8.72. The van der Waals surface area contributed by atoms with E-state index in [0.717, 1.165) is 22.3 Å². The van der Waals surface area contributed by atoms with Gasteiger partial charge < -0.3 is 15.2 Å². The van der Waals surface area contributed by atoms with Crippen LogP contribution in [0.2, 0.25) is 0 Å². The van der Waals surface area contributed by atoms with Crippen molar-refractivity contribution in [3.63, 3.8) is 0 Å². The number of halogens is 4. The summed E-state index contributed by atoms with van der Waals surface area (Å²) in [5.41, 5.74) is 9.92. The fourth-order valence-corrected chi connectivity index (χ4v) is 2.97. The van der Waals surface area contributed by atoms with Crippen LogP contribution in [0.1, 0.15) is 16.7 Å². The van der Waals surface area contributed by atoms with Crippen molar-refractivity contribution in [1.82, 2.24) is 0 Å². The summed E-state index contributed by atoms with van der Waals surface area (Å²) < 4.78 is 47.4. The lowest BCUT2D eigenvalue weighted by atomic mass is 9.99. The van der Waals surface area contributed by atoms with E-state index in [2.05, 4.69) is 4.74 Å². The van der Waals surface area contributed by atoms with Crippen molar-refractivity contribution >= 4 is 12.4 Å². The van der Waals surface area contributed by atoms with Gasteiger partial charge in [0.1, 0.15) is 18.1 Å². The average molecular weight is 424 g/mol. The van der Waals surface area contributed by atoms with Crippen molar-refractivity contribution in [3.05, 3.63) is 83.4 Å². The number of ether oxygens (including phenoxy) is 2. The van der Waals surface area contributed by atoms with Gasteiger partial charge in [-0.25, -0.2) is 0 Å². The van der Waals surface area contributed by atoms with Crippen molar-refractivity contribution in [3.8, 4) is 22.6 Å². The molecule has 154 valence electrons. The molecule has 0 amide bonds. The van der Waals surface area contributed by atoms with E-state index < -0.39 is 6.36 Å². The average Bonchev–Trinajstić information content (AvgIpc) is 2.66. The van der Waals surface area contributed by atoms with Crippen LogP contribution in [-0.4, -0.2) is 6.36 Å². The van der Waals surface area contributed by atoms with E-state index in [-0.39, 0.29) is 24.7 Å². The zero-order valence-electron chi connectivity index (χ0n) is 15.7. The molecule has 0 atom stereocenters. The second kappa shape index (κ2) is 9.67. The predicted octanol–water partition coefficient (Wildman–Crippen LogP) is 6.02. The molecule has 0 aliphatic rings. The molecule has 0 fully saturated rings. The van der Waals surface area contributed by atoms with Crippen LogP contribution in [-0.2, 0) is 13.2 Å². The largest absolute Gasteiger partial charge is 0.573 e. The molecule has 0 aliphatic carbocycles.